The first-order valence-corrected chi connectivity index (χ1v) is 4.03. The highest BCUT2D eigenvalue weighted by Crippen LogP contribution is 2.14. The molecule has 0 spiro atoms. The maximum absolute atomic E-state index is 13.1. The Morgan fingerprint density at radius 2 is 2.17 bits per heavy atom. The SMILES string of the molecule is Cc1cccc(F)c1CC(C)O. The van der Waals surface area contributed by atoms with Crippen LogP contribution in [0.4, 0.5) is 4.39 Å². The largest absolute Gasteiger partial charge is 0.393 e. The van der Waals surface area contributed by atoms with Crippen LogP contribution in [0.1, 0.15) is 18.1 Å². The zero-order valence-corrected chi connectivity index (χ0v) is 7.34. The minimum Gasteiger partial charge on any atom is -0.393 e. The zero-order chi connectivity index (χ0) is 9.14. The van der Waals surface area contributed by atoms with Gasteiger partial charge in [-0.15, -0.1) is 0 Å². The van der Waals surface area contributed by atoms with Crippen molar-refractivity contribution < 1.29 is 9.50 Å². The molecule has 1 rings (SSSR count). The maximum Gasteiger partial charge on any atom is 0.126 e. The van der Waals surface area contributed by atoms with Crippen molar-refractivity contribution in [2.75, 3.05) is 0 Å². The molecule has 12 heavy (non-hydrogen) atoms. The van der Waals surface area contributed by atoms with Gasteiger partial charge in [-0.3, -0.25) is 0 Å². The Hall–Kier alpha value is -0.890. The number of hydrogen-bond acceptors (Lipinski definition) is 1. The van der Waals surface area contributed by atoms with E-state index in [9.17, 15) is 4.39 Å². The smallest absolute Gasteiger partial charge is 0.126 e. The van der Waals surface area contributed by atoms with E-state index in [4.69, 9.17) is 5.11 Å². The van der Waals surface area contributed by atoms with E-state index in [0.29, 0.717) is 12.0 Å². The molecule has 1 aromatic rings. The molecule has 0 saturated carbocycles. The van der Waals surface area contributed by atoms with E-state index >= 15 is 0 Å². The van der Waals surface area contributed by atoms with Gasteiger partial charge in [-0.1, -0.05) is 12.1 Å². The Balaban J connectivity index is 2.96. The van der Waals surface area contributed by atoms with Crippen LogP contribution in [0, 0.1) is 12.7 Å². The Labute approximate surface area is 71.9 Å². The van der Waals surface area contributed by atoms with Crippen molar-refractivity contribution in [2.45, 2.75) is 26.4 Å². The van der Waals surface area contributed by atoms with Gasteiger partial charge in [0.05, 0.1) is 6.10 Å². The summed E-state index contributed by atoms with van der Waals surface area (Å²) in [5.74, 6) is -0.226. The third-order valence-corrected chi connectivity index (χ3v) is 1.85. The van der Waals surface area contributed by atoms with Crippen LogP contribution in [0.2, 0.25) is 0 Å². The summed E-state index contributed by atoms with van der Waals surface area (Å²) in [4.78, 5) is 0. The van der Waals surface area contributed by atoms with Gasteiger partial charge in [0, 0.05) is 6.42 Å². The normalized spacial score (nSPS) is 13.0. The lowest BCUT2D eigenvalue weighted by molar-refractivity contribution is 0.194. The molecule has 0 fully saturated rings. The lowest BCUT2D eigenvalue weighted by atomic mass is 10.0. The van der Waals surface area contributed by atoms with E-state index in [1.165, 1.54) is 6.07 Å². The topological polar surface area (TPSA) is 20.2 Å². The van der Waals surface area contributed by atoms with Crippen molar-refractivity contribution in [3.05, 3.63) is 35.1 Å². The highest BCUT2D eigenvalue weighted by atomic mass is 19.1. The Bertz CT molecular complexity index is 248. The van der Waals surface area contributed by atoms with Crippen molar-refractivity contribution in [2.24, 2.45) is 0 Å². The average Bonchev–Trinajstić information content (AvgIpc) is 1.97. The van der Waals surface area contributed by atoms with E-state index in [1.54, 1.807) is 13.0 Å². The van der Waals surface area contributed by atoms with E-state index in [-0.39, 0.29) is 5.82 Å². The number of aliphatic hydroxyl groups is 1. The van der Waals surface area contributed by atoms with Gasteiger partial charge >= 0.3 is 0 Å². The van der Waals surface area contributed by atoms with Gasteiger partial charge in [-0.25, -0.2) is 4.39 Å². The van der Waals surface area contributed by atoms with Crippen molar-refractivity contribution in [1.82, 2.24) is 0 Å². The first kappa shape index (κ1) is 9.20. The van der Waals surface area contributed by atoms with E-state index in [0.717, 1.165) is 5.56 Å². The van der Waals surface area contributed by atoms with Crippen molar-refractivity contribution in [3.8, 4) is 0 Å². The molecular weight excluding hydrogens is 155 g/mol. The van der Waals surface area contributed by atoms with E-state index in [2.05, 4.69) is 0 Å². The molecule has 0 saturated heterocycles. The number of rotatable bonds is 2. The minimum atomic E-state index is -0.486. The highest BCUT2D eigenvalue weighted by molar-refractivity contribution is 5.27. The summed E-state index contributed by atoms with van der Waals surface area (Å²) < 4.78 is 13.1. The third kappa shape index (κ3) is 2.05. The quantitative estimate of drug-likeness (QED) is 0.716. The molecule has 0 aromatic heterocycles. The van der Waals surface area contributed by atoms with Crippen molar-refractivity contribution >= 4 is 0 Å². The van der Waals surface area contributed by atoms with Crippen LogP contribution in [0.25, 0.3) is 0 Å². The van der Waals surface area contributed by atoms with Crippen molar-refractivity contribution in [3.63, 3.8) is 0 Å². The number of aliphatic hydroxyl groups excluding tert-OH is 1. The van der Waals surface area contributed by atoms with Crippen LogP contribution in [0.3, 0.4) is 0 Å². The zero-order valence-electron chi connectivity index (χ0n) is 7.34. The Kier molecular flexibility index (Phi) is 2.82. The standard InChI is InChI=1S/C10H13FO/c1-7-4-3-5-10(11)9(7)6-8(2)12/h3-5,8,12H,6H2,1-2H3. The molecule has 0 radical (unpaired) electrons. The second-order valence-electron chi connectivity index (χ2n) is 3.09. The third-order valence-electron chi connectivity index (χ3n) is 1.85. The monoisotopic (exact) mass is 168 g/mol. The molecule has 0 bridgehead atoms. The van der Waals surface area contributed by atoms with Crippen LogP contribution in [0.5, 0.6) is 0 Å². The van der Waals surface area contributed by atoms with Gasteiger partial charge in [-0.05, 0) is 31.0 Å². The number of halogens is 1. The summed E-state index contributed by atoms with van der Waals surface area (Å²) in [6.07, 6.45) is -0.0981. The number of benzene rings is 1. The maximum atomic E-state index is 13.1. The first-order chi connectivity index (χ1) is 5.61. The predicted molar refractivity (Wildman–Crippen MR) is 46.5 cm³/mol. The fourth-order valence-corrected chi connectivity index (χ4v) is 1.22. The molecule has 0 heterocycles. The van der Waals surface area contributed by atoms with Gasteiger partial charge in [0.15, 0.2) is 0 Å². The molecule has 0 amide bonds. The average molecular weight is 168 g/mol. The molecule has 1 nitrogen and oxygen atoms in total. The van der Waals surface area contributed by atoms with Crippen LogP contribution < -0.4 is 0 Å². The molecule has 0 aliphatic carbocycles. The lowest BCUT2D eigenvalue weighted by Gasteiger charge is -2.08. The van der Waals surface area contributed by atoms with Gasteiger partial charge in [0.2, 0.25) is 0 Å². The summed E-state index contributed by atoms with van der Waals surface area (Å²) in [6.45, 7) is 3.51. The molecule has 1 atom stereocenters. The number of hydrogen-bond donors (Lipinski definition) is 1. The summed E-state index contributed by atoms with van der Waals surface area (Å²) in [5.41, 5.74) is 1.52. The Morgan fingerprint density at radius 1 is 1.50 bits per heavy atom. The fraction of sp³-hybridized carbons (Fsp3) is 0.400. The van der Waals surface area contributed by atoms with E-state index in [1.807, 2.05) is 13.0 Å². The summed E-state index contributed by atoms with van der Waals surface area (Å²) >= 11 is 0. The van der Waals surface area contributed by atoms with Gasteiger partial charge in [-0.2, -0.15) is 0 Å². The summed E-state index contributed by atoms with van der Waals surface area (Å²) in [5, 5.41) is 9.09. The summed E-state index contributed by atoms with van der Waals surface area (Å²) in [6, 6.07) is 4.95. The fourth-order valence-electron chi connectivity index (χ4n) is 1.22. The van der Waals surface area contributed by atoms with Crippen LogP contribution in [-0.4, -0.2) is 11.2 Å². The van der Waals surface area contributed by atoms with E-state index < -0.39 is 6.10 Å². The number of aryl methyl sites for hydroxylation is 1. The molecule has 66 valence electrons. The highest BCUT2D eigenvalue weighted by Gasteiger charge is 2.07. The van der Waals surface area contributed by atoms with Crippen LogP contribution in [-0.2, 0) is 6.42 Å². The Morgan fingerprint density at radius 3 is 2.67 bits per heavy atom. The van der Waals surface area contributed by atoms with Gasteiger partial charge in [0.25, 0.3) is 0 Å². The predicted octanol–water partition coefficient (Wildman–Crippen LogP) is 2.06. The molecule has 1 unspecified atom stereocenters. The molecule has 2 heteroatoms. The van der Waals surface area contributed by atoms with Crippen LogP contribution >= 0.6 is 0 Å². The second kappa shape index (κ2) is 3.68. The molecule has 1 aromatic carbocycles. The van der Waals surface area contributed by atoms with Crippen LogP contribution in [0.15, 0.2) is 18.2 Å². The minimum absolute atomic E-state index is 0.226. The molecule has 0 aliphatic heterocycles. The second-order valence-corrected chi connectivity index (χ2v) is 3.09. The van der Waals surface area contributed by atoms with Gasteiger partial charge in [0.1, 0.15) is 5.82 Å². The molecule has 1 N–H and O–H groups in total. The first-order valence-electron chi connectivity index (χ1n) is 4.03. The van der Waals surface area contributed by atoms with Gasteiger partial charge < -0.3 is 5.11 Å². The lowest BCUT2D eigenvalue weighted by Crippen LogP contribution is -2.07. The molecule has 0 aliphatic rings. The van der Waals surface area contributed by atoms with Crippen molar-refractivity contribution in [1.29, 1.82) is 0 Å². The summed E-state index contributed by atoms with van der Waals surface area (Å²) in [7, 11) is 0. The molecular formula is C10H13FO.